The average Bonchev–Trinajstić information content (AvgIpc) is 2.17. The summed E-state index contributed by atoms with van der Waals surface area (Å²) in [5, 5.41) is 2.62. The summed E-state index contributed by atoms with van der Waals surface area (Å²) in [7, 11) is 1.65. The van der Waals surface area contributed by atoms with Gasteiger partial charge in [-0.05, 0) is 18.8 Å². The molecule has 1 heterocycles. The highest BCUT2D eigenvalue weighted by Crippen LogP contribution is 2.22. The maximum Gasteiger partial charge on any atom is 0.248 e. The van der Waals surface area contributed by atoms with Crippen molar-refractivity contribution in [3.8, 4) is 0 Å². The van der Waals surface area contributed by atoms with E-state index in [9.17, 15) is 4.79 Å². The van der Waals surface area contributed by atoms with Crippen LogP contribution < -0.4 is 5.32 Å². The van der Waals surface area contributed by atoms with Crippen molar-refractivity contribution in [1.82, 2.24) is 5.32 Å². The van der Waals surface area contributed by atoms with E-state index in [-0.39, 0.29) is 12.0 Å². The van der Waals surface area contributed by atoms with Crippen molar-refractivity contribution < 1.29 is 9.53 Å². The summed E-state index contributed by atoms with van der Waals surface area (Å²) in [6.45, 7) is 2.90. The van der Waals surface area contributed by atoms with Crippen LogP contribution in [0.5, 0.6) is 0 Å². The Morgan fingerprint density at radius 1 is 1.67 bits per heavy atom. The monoisotopic (exact) mass is 171 g/mol. The van der Waals surface area contributed by atoms with Crippen molar-refractivity contribution in [3.05, 3.63) is 0 Å². The van der Waals surface area contributed by atoms with E-state index in [2.05, 4.69) is 12.2 Å². The Bertz CT molecular complexity index is 159. The molecular formula is C9H17NO2. The van der Waals surface area contributed by atoms with Crippen LogP contribution in [0.3, 0.4) is 0 Å². The van der Waals surface area contributed by atoms with Crippen LogP contribution in [0.15, 0.2) is 0 Å². The third-order valence-electron chi connectivity index (χ3n) is 2.51. The number of carbonyl (C=O) groups excluding carboxylic acids is 1. The molecule has 3 heteroatoms. The van der Waals surface area contributed by atoms with Crippen molar-refractivity contribution in [2.45, 2.75) is 32.3 Å². The Hall–Kier alpha value is -0.570. The molecule has 0 aromatic carbocycles. The minimum atomic E-state index is -0.200. The van der Waals surface area contributed by atoms with E-state index in [1.807, 2.05) is 0 Å². The molecular weight excluding hydrogens is 154 g/mol. The van der Waals surface area contributed by atoms with Crippen LogP contribution in [0, 0.1) is 5.92 Å². The summed E-state index contributed by atoms with van der Waals surface area (Å²) in [5.74, 6) is 0.689. The van der Waals surface area contributed by atoms with Gasteiger partial charge < -0.3 is 10.1 Å². The highest BCUT2D eigenvalue weighted by Gasteiger charge is 2.26. The first kappa shape index (κ1) is 9.52. The van der Waals surface area contributed by atoms with Crippen LogP contribution in [0.1, 0.15) is 26.2 Å². The predicted octanol–water partition coefficient (Wildman–Crippen LogP) is 0.938. The first-order valence-electron chi connectivity index (χ1n) is 4.61. The van der Waals surface area contributed by atoms with E-state index >= 15 is 0 Å². The molecule has 1 N–H and O–H groups in total. The van der Waals surface area contributed by atoms with Gasteiger partial charge in [0.15, 0.2) is 0 Å². The fourth-order valence-electron chi connectivity index (χ4n) is 1.58. The molecule has 1 amide bonds. The van der Waals surface area contributed by atoms with Crippen molar-refractivity contribution in [1.29, 1.82) is 0 Å². The number of hydrogen-bond donors (Lipinski definition) is 1. The van der Waals surface area contributed by atoms with Crippen molar-refractivity contribution in [2.75, 3.05) is 13.7 Å². The highest BCUT2D eigenvalue weighted by atomic mass is 16.5. The zero-order valence-corrected chi connectivity index (χ0v) is 7.80. The van der Waals surface area contributed by atoms with E-state index in [0.717, 1.165) is 25.9 Å². The lowest BCUT2D eigenvalue weighted by Crippen LogP contribution is -2.38. The molecule has 0 bridgehead atoms. The number of nitrogens with one attached hydrogen (secondary N) is 1. The van der Waals surface area contributed by atoms with Gasteiger partial charge in [-0.2, -0.15) is 0 Å². The minimum absolute atomic E-state index is 0.0214. The number of amides is 1. The lowest BCUT2D eigenvalue weighted by atomic mass is 9.93. The van der Waals surface area contributed by atoms with Gasteiger partial charge in [0.2, 0.25) is 5.91 Å². The van der Waals surface area contributed by atoms with Gasteiger partial charge in [-0.15, -0.1) is 0 Å². The predicted molar refractivity (Wildman–Crippen MR) is 46.8 cm³/mol. The molecule has 2 unspecified atom stereocenters. The molecule has 1 aliphatic rings. The van der Waals surface area contributed by atoms with Crippen LogP contribution in [0.2, 0.25) is 0 Å². The van der Waals surface area contributed by atoms with E-state index in [1.165, 1.54) is 0 Å². The molecule has 0 radical (unpaired) electrons. The zero-order valence-electron chi connectivity index (χ0n) is 7.80. The SMILES string of the molecule is CCC1CCOC(C(=O)NC)C1. The highest BCUT2D eigenvalue weighted by molar-refractivity contribution is 5.80. The molecule has 0 aromatic heterocycles. The number of likely N-dealkylation sites (N-methyl/N-ethyl adjacent to an activating group) is 1. The normalized spacial score (nSPS) is 29.8. The van der Waals surface area contributed by atoms with E-state index < -0.39 is 0 Å². The molecule has 3 nitrogen and oxygen atoms in total. The third-order valence-corrected chi connectivity index (χ3v) is 2.51. The summed E-state index contributed by atoms with van der Waals surface area (Å²) >= 11 is 0. The van der Waals surface area contributed by atoms with Crippen LogP contribution in [0.25, 0.3) is 0 Å². The first-order chi connectivity index (χ1) is 5.77. The molecule has 1 aliphatic heterocycles. The fraction of sp³-hybridized carbons (Fsp3) is 0.889. The summed E-state index contributed by atoms with van der Waals surface area (Å²) in [6, 6.07) is 0. The summed E-state index contributed by atoms with van der Waals surface area (Å²) in [4.78, 5) is 11.2. The Morgan fingerprint density at radius 2 is 2.42 bits per heavy atom. The summed E-state index contributed by atoms with van der Waals surface area (Å²) < 4.78 is 5.35. The minimum Gasteiger partial charge on any atom is -0.368 e. The maximum atomic E-state index is 11.2. The first-order valence-corrected chi connectivity index (χ1v) is 4.61. The lowest BCUT2D eigenvalue weighted by molar-refractivity contribution is -0.136. The Labute approximate surface area is 73.5 Å². The second-order valence-electron chi connectivity index (χ2n) is 3.27. The Kier molecular flexibility index (Phi) is 3.53. The molecule has 0 aliphatic carbocycles. The fourth-order valence-corrected chi connectivity index (χ4v) is 1.58. The van der Waals surface area contributed by atoms with Crippen LogP contribution in [0.4, 0.5) is 0 Å². The number of carbonyl (C=O) groups is 1. The van der Waals surface area contributed by atoms with Crippen molar-refractivity contribution in [2.24, 2.45) is 5.92 Å². The van der Waals surface area contributed by atoms with Crippen LogP contribution in [-0.2, 0) is 9.53 Å². The van der Waals surface area contributed by atoms with Crippen molar-refractivity contribution in [3.63, 3.8) is 0 Å². The van der Waals surface area contributed by atoms with Gasteiger partial charge in [0.05, 0.1) is 0 Å². The molecule has 0 spiro atoms. The second-order valence-corrected chi connectivity index (χ2v) is 3.27. The number of hydrogen-bond acceptors (Lipinski definition) is 2. The molecule has 0 saturated carbocycles. The van der Waals surface area contributed by atoms with Gasteiger partial charge in [0, 0.05) is 13.7 Å². The summed E-state index contributed by atoms with van der Waals surface area (Å²) in [6.07, 6.45) is 2.94. The number of rotatable bonds is 2. The molecule has 70 valence electrons. The zero-order chi connectivity index (χ0) is 8.97. The molecule has 1 fully saturated rings. The van der Waals surface area contributed by atoms with Gasteiger partial charge in [0.1, 0.15) is 6.10 Å². The number of ether oxygens (including phenoxy) is 1. The second kappa shape index (κ2) is 4.45. The van der Waals surface area contributed by atoms with Gasteiger partial charge in [0.25, 0.3) is 0 Å². The quantitative estimate of drug-likeness (QED) is 0.671. The molecule has 12 heavy (non-hydrogen) atoms. The molecule has 1 rings (SSSR count). The van der Waals surface area contributed by atoms with Crippen LogP contribution in [-0.4, -0.2) is 25.7 Å². The molecule has 1 saturated heterocycles. The van der Waals surface area contributed by atoms with Gasteiger partial charge >= 0.3 is 0 Å². The molecule has 0 aromatic rings. The van der Waals surface area contributed by atoms with Crippen LogP contribution >= 0.6 is 0 Å². The van der Waals surface area contributed by atoms with E-state index in [1.54, 1.807) is 7.05 Å². The Balaban J connectivity index is 2.40. The van der Waals surface area contributed by atoms with Gasteiger partial charge in [-0.1, -0.05) is 13.3 Å². The maximum absolute atomic E-state index is 11.2. The van der Waals surface area contributed by atoms with Gasteiger partial charge in [-0.3, -0.25) is 4.79 Å². The standard InChI is InChI=1S/C9H17NO2/c1-3-7-4-5-12-8(6-7)9(11)10-2/h7-8H,3-6H2,1-2H3,(H,10,11). The largest absolute Gasteiger partial charge is 0.368 e. The molecule has 2 atom stereocenters. The van der Waals surface area contributed by atoms with E-state index in [0.29, 0.717) is 5.92 Å². The van der Waals surface area contributed by atoms with E-state index in [4.69, 9.17) is 4.74 Å². The lowest BCUT2D eigenvalue weighted by Gasteiger charge is -2.27. The van der Waals surface area contributed by atoms with Gasteiger partial charge in [-0.25, -0.2) is 0 Å². The third kappa shape index (κ3) is 2.21. The summed E-state index contributed by atoms with van der Waals surface area (Å²) in [5.41, 5.74) is 0. The van der Waals surface area contributed by atoms with Crippen molar-refractivity contribution >= 4 is 5.91 Å². The Morgan fingerprint density at radius 3 is 3.00 bits per heavy atom. The smallest absolute Gasteiger partial charge is 0.248 e. The average molecular weight is 171 g/mol. The topological polar surface area (TPSA) is 38.3 Å².